The van der Waals surface area contributed by atoms with Crippen LogP contribution in [0.3, 0.4) is 0 Å². The minimum absolute atomic E-state index is 0.387. The fourth-order valence-electron chi connectivity index (χ4n) is 3.30. The highest BCUT2D eigenvalue weighted by Gasteiger charge is 2.10. The fraction of sp³-hybridized carbons (Fsp3) is 0.483. The van der Waals surface area contributed by atoms with Crippen LogP contribution in [0.1, 0.15) is 71.9 Å². The van der Waals surface area contributed by atoms with Crippen molar-refractivity contribution in [3.05, 3.63) is 83.7 Å². The van der Waals surface area contributed by atoms with E-state index in [9.17, 15) is 0 Å². The zero-order valence-corrected chi connectivity index (χ0v) is 22.0. The number of hydrogen-bond acceptors (Lipinski definition) is 3. The quantitative estimate of drug-likeness (QED) is 0.271. The van der Waals surface area contributed by atoms with Crippen LogP contribution in [0.5, 0.6) is 0 Å². The largest absolute Gasteiger partial charge is 0.374 e. The van der Waals surface area contributed by atoms with Crippen LogP contribution in [-0.2, 0) is 0 Å². The summed E-state index contributed by atoms with van der Waals surface area (Å²) in [4.78, 5) is 7.13. The molecule has 3 nitrogen and oxygen atoms in total. The molecule has 3 heteroatoms. The molecule has 0 saturated heterocycles. The number of hydrogen-bond donors (Lipinski definition) is 1. The van der Waals surface area contributed by atoms with E-state index in [4.69, 9.17) is 4.99 Å². The minimum Gasteiger partial charge on any atom is -0.374 e. The van der Waals surface area contributed by atoms with Crippen molar-refractivity contribution in [3.8, 4) is 0 Å². The Labute approximate surface area is 198 Å². The van der Waals surface area contributed by atoms with Crippen molar-refractivity contribution >= 4 is 5.71 Å². The number of aliphatic imine (C=N–C) groups is 1. The summed E-state index contributed by atoms with van der Waals surface area (Å²) in [6.45, 7) is 25.1. The molecule has 0 aliphatic rings. The zero-order valence-electron chi connectivity index (χ0n) is 22.0. The Bertz CT molecular complexity index is 777. The van der Waals surface area contributed by atoms with E-state index in [1.807, 2.05) is 32.2 Å². The first-order valence-corrected chi connectivity index (χ1v) is 12.0. The average molecular weight is 438 g/mol. The fourth-order valence-corrected chi connectivity index (χ4v) is 3.30. The van der Waals surface area contributed by atoms with Crippen LogP contribution in [0.15, 0.2) is 77.6 Å². The zero-order chi connectivity index (χ0) is 24.5. The van der Waals surface area contributed by atoms with E-state index < -0.39 is 0 Å². The molecule has 0 bridgehead atoms. The van der Waals surface area contributed by atoms with E-state index in [1.165, 1.54) is 35.2 Å². The third-order valence-corrected chi connectivity index (χ3v) is 5.33. The van der Waals surface area contributed by atoms with Gasteiger partial charge in [-0.05, 0) is 71.2 Å². The number of aryl methyl sites for hydroxylation is 1. The van der Waals surface area contributed by atoms with Gasteiger partial charge in [0.15, 0.2) is 0 Å². The van der Waals surface area contributed by atoms with Crippen molar-refractivity contribution in [1.82, 2.24) is 10.2 Å². The van der Waals surface area contributed by atoms with Gasteiger partial charge in [-0.25, -0.2) is 0 Å². The number of benzene rings is 1. The van der Waals surface area contributed by atoms with Crippen molar-refractivity contribution in [2.24, 2.45) is 4.99 Å². The highest BCUT2D eigenvalue weighted by molar-refractivity contribution is 5.99. The first kappa shape index (κ1) is 29.6. The van der Waals surface area contributed by atoms with Crippen LogP contribution in [-0.4, -0.2) is 36.8 Å². The lowest BCUT2D eigenvalue weighted by atomic mass is 10.1. The predicted molar refractivity (Wildman–Crippen MR) is 146 cm³/mol. The molecular weight excluding hydrogens is 390 g/mol. The lowest BCUT2D eigenvalue weighted by molar-refractivity contribution is 0.318. The van der Waals surface area contributed by atoms with Crippen LogP contribution in [0.25, 0.3) is 0 Å². The van der Waals surface area contributed by atoms with Gasteiger partial charge < -0.3 is 10.2 Å². The number of allylic oxidation sites excluding steroid dienone is 4. The molecule has 1 N–H and O–H groups in total. The maximum atomic E-state index is 4.76. The molecule has 0 aromatic heterocycles. The second-order valence-electron chi connectivity index (χ2n) is 8.02. The lowest BCUT2D eigenvalue weighted by Crippen LogP contribution is -2.35. The molecule has 0 aliphatic carbocycles. The average Bonchev–Trinajstić information content (AvgIpc) is 2.79. The number of nitrogens with one attached hydrogen (secondary N) is 1. The summed E-state index contributed by atoms with van der Waals surface area (Å²) in [6, 6.07) is 8.81. The third-order valence-electron chi connectivity index (χ3n) is 5.33. The van der Waals surface area contributed by atoms with E-state index in [0.29, 0.717) is 6.04 Å². The maximum Gasteiger partial charge on any atom is 0.0661 e. The molecule has 0 aliphatic heterocycles. The molecule has 1 aromatic rings. The maximum absolute atomic E-state index is 4.76. The standard InChI is InChI=1S/C18H23N.C11H24N2/c1-6-10-18(16(7-2)8-3)19-15(5)17-12-9-11-14(4)13-17;1-6-8-13(9-7-2)11(4)10(3)12-5/h6-7,9-13H,2,8H2,1,3-5H3;10,12H,4,6-9H2,1-3,5H3/b10-6-,18-16-,19-15?;. The second kappa shape index (κ2) is 17.2. The monoisotopic (exact) mass is 437 g/mol. The van der Waals surface area contributed by atoms with E-state index >= 15 is 0 Å². The summed E-state index contributed by atoms with van der Waals surface area (Å²) in [6.07, 6.45) is 9.27. The van der Waals surface area contributed by atoms with Gasteiger partial charge in [0.1, 0.15) is 0 Å². The smallest absolute Gasteiger partial charge is 0.0661 e. The van der Waals surface area contributed by atoms with Crippen LogP contribution in [0, 0.1) is 6.92 Å². The van der Waals surface area contributed by atoms with Crippen molar-refractivity contribution in [3.63, 3.8) is 0 Å². The minimum atomic E-state index is 0.387. The topological polar surface area (TPSA) is 27.6 Å². The summed E-state index contributed by atoms with van der Waals surface area (Å²) < 4.78 is 0. The van der Waals surface area contributed by atoms with E-state index in [1.54, 1.807) is 0 Å². The molecule has 1 atom stereocenters. The van der Waals surface area contributed by atoms with Crippen LogP contribution in [0.2, 0.25) is 0 Å². The van der Waals surface area contributed by atoms with E-state index in [0.717, 1.165) is 30.9 Å². The van der Waals surface area contributed by atoms with Crippen molar-refractivity contribution in [2.75, 3.05) is 20.1 Å². The van der Waals surface area contributed by atoms with Gasteiger partial charge in [-0.2, -0.15) is 0 Å². The molecular formula is C29H47N3. The third kappa shape index (κ3) is 10.8. The van der Waals surface area contributed by atoms with Gasteiger partial charge in [-0.15, -0.1) is 0 Å². The van der Waals surface area contributed by atoms with Crippen LogP contribution >= 0.6 is 0 Å². The summed E-state index contributed by atoms with van der Waals surface area (Å²) in [5, 5.41) is 3.22. The SMILES string of the molecule is C=C(C(C)NC)N(CCC)CCC.C=C/C(CC)=C(\C=C/C)N=C(C)c1cccc(C)c1. The van der Waals surface area contributed by atoms with Gasteiger partial charge in [0, 0.05) is 30.5 Å². The first-order valence-electron chi connectivity index (χ1n) is 12.0. The van der Waals surface area contributed by atoms with Gasteiger partial charge in [0.2, 0.25) is 0 Å². The molecule has 0 heterocycles. The van der Waals surface area contributed by atoms with Crippen LogP contribution < -0.4 is 5.32 Å². The first-order chi connectivity index (χ1) is 15.3. The Morgan fingerprint density at radius 3 is 2.25 bits per heavy atom. The molecule has 0 saturated carbocycles. The van der Waals surface area contributed by atoms with Gasteiger partial charge >= 0.3 is 0 Å². The molecule has 1 rings (SSSR count). The van der Waals surface area contributed by atoms with Crippen molar-refractivity contribution < 1.29 is 0 Å². The molecule has 0 fully saturated rings. The molecule has 178 valence electrons. The normalized spacial score (nSPS) is 13.2. The van der Waals surface area contributed by atoms with Crippen molar-refractivity contribution in [1.29, 1.82) is 0 Å². The second-order valence-corrected chi connectivity index (χ2v) is 8.02. The Balaban J connectivity index is 0.000000649. The molecule has 1 unspecified atom stereocenters. The van der Waals surface area contributed by atoms with E-state index in [2.05, 4.69) is 89.2 Å². The Kier molecular flexibility index (Phi) is 15.9. The predicted octanol–water partition coefficient (Wildman–Crippen LogP) is 7.46. The Morgan fingerprint density at radius 2 is 1.81 bits per heavy atom. The van der Waals surface area contributed by atoms with Crippen LogP contribution in [0.4, 0.5) is 0 Å². The summed E-state index contributed by atoms with van der Waals surface area (Å²) >= 11 is 0. The molecule has 32 heavy (non-hydrogen) atoms. The van der Waals surface area contributed by atoms with Gasteiger partial charge in [-0.3, -0.25) is 4.99 Å². The van der Waals surface area contributed by atoms with E-state index in [-0.39, 0.29) is 0 Å². The summed E-state index contributed by atoms with van der Waals surface area (Å²) in [5.74, 6) is 0. The lowest BCUT2D eigenvalue weighted by Gasteiger charge is -2.29. The number of rotatable bonds is 12. The van der Waals surface area contributed by atoms with Gasteiger partial charge in [0.25, 0.3) is 0 Å². The molecule has 1 aromatic carbocycles. The highest BCUT2D eigenvalue weighted by Crippen LogP contribution is 2.15. The Morgan fingerprint density at radius 1 is 1.19 bits per heavy atom. The summed E-state index contributed by atoms with van der Waals surface area (Å²) in [7, 11) is 1.98. The number of nitrogens with zero attached hydrogens (tertiary/aromatic N) is 2. The van der Waals surface area contributed by atoms with Crippen molar-refractivity contribution in [2.45, 2.75) is 73.8 Å². The molecule has 0 radical (unpaired) electrons. The molecule has 0 spiro atoms. The summed E-state index contributed by atoms with van der Waals surface area (Å²) in [5.41, 5.74) is 6.84. The number of likely N-dealkylation sites (N-methyl/N-ethyl adjacent to an activating group) is 1. The van der Waals surface area contributed by atoms with Gasteiger partial charge in [0.05, 0.1) is 5.70 Å². The molecule has 0 amide bonds. The van der Waals surface area contributed by atoms with Gasteiger partial charge in [-0.1, -0.05) is 75.9 Å². The highest BCUT2D eigenvalue weighted by atomic mass is 15.2. The Hall–Kier alpha value is -2.39.